The van der Waals surface area contributed by atoms with E-state index in [0.29, 0.717) is 42.0 Å². The van der Waals surface area contributed by atoms with Crippen LogP contribution in [0.15, 0.2) is 59.5 Å². The summed E-state index contributed by atoms with van der Waals surface area (Å²) in [6, 6.07) is 16.6. The third kappa shape index (κ3) is 4.84. The van der Waals surface area contributed by atoms with E-state index in [4.69, 9.17) is 11.6 Å². The van der Waals surface area contributed by atoms with Gasteiger partial charge in [-0.1, -0.05) is 41.9 Å². The summed E-state index contributed by atoms with van der Waals surface area (Å²) in [5.74, 6) is -0.0784. The number of fused-ring (bicyclic) bond motifs is 1. The molecule has 6 nitrogen and oxygen atoms in total. The topological polar surface area (TPSA) is 69.7 Å². The molecule has 0 spiro atoms. The molecule has 0 atom stereocenters. The van der Waals surface area contributed by atoms with Crippen LogP contribution < -0.4 is 5.32 Å². The second kappa shape index (κ2) is 9.03. The number of thiophene rings is 1. The van der Waals surface area contributed by atoms with Crippen LogP contribution in [-0.4, -0.2) is 56.3 Å². The van der Waals surface area contributed by atoms with Crippen molar-refractivity contribution in [3.8, 4) is 0 Å². The molecular formula is C21H22ClN3O3S2. The van der Waals surface area contributed by atoms with Gasteiger partial charge in [0.2, 0.25) is 15.9 Å². The lowest BCUT2D eigenvalue weighted by atomic mass is 10.1. The second-order valence-electron chi connectivity index (χ2n) is 7.17. The molecule has 1 amide bonds. The van der Waals surface area contributed by atoms with Gasteiger partial charge in [0.15, 0.2) is 0 Å². The Bertz CT molecular complexity index is 1160. The fraction of sp³-hybridized carbons (Fsp3) is 0.286. The van der Waals surface area contributed by atoms with Gasteiger partial charge < -0.3 is 5.32 Å². The lowest BCUT2D eigenvalue weighted by Gasteiger charge is -2.33. The van der Waals surface area contributed by atoms with Gasteiger partial charge in [-0.3, -0.25) is 9.69 Å². The Hall–Kier alpha value is -1.97. The number of piperazine rings is 1. The number of hydrogen-bond donors (Lipinski definition) is 1. The normalized spacial score (nSPS) is 16.0. The minimum Gasteiger partial charge on any atom is -0.350 e. The van der Waals surface area contributed by atoms with Crippen molar-refractivity contribution in [3.05, 3.63) is 63.8 Å². The number of carbonyl (C=O) groups is 1. The average molecular weight is 464 g/mol. The van der Waals surface area contributed by atoms with E-state index >= 15 is 0 Å². The summed E-state index contributed by atoms with van der Waals surface area (Å²) >= 11 is 7.34. The van der Waals surface area contributed by atoms with Crippen LogP contribution in [0.4, 0.5) is 0 Å². The molecule has 4 rings (SSSR count). The maximum atomic E-state index is 13.0. The first-order valence-electron chi connectivity index (χ1n) is 9.64. The van der Waals surface area contributed by atoms with E-state index in [1.165, 1.54) is 15.6 Å². The van der Waals surface area contributed by atoms with Crippen LogP contribution in [0, 0.1) is 0 Å². The maximum absolute atomic E-state index is 13.0. The fourth-order valence-electron chi connectivity index (χ4n) is 3.50. The van der Waals surface area contributed by atoms with Crippen LogP contribution in [0.5, 0.6) is 0 Å². The summed E-state index contributed by atoms with van der Waals surface area (Å²) in [7, 11) is -3.55. The first-order chi connectivity index (χ1) is 14.4. The molecule has 1 N–H and O–H groups in total. The molecule has 0 bridgehead atoms. The highest BCUT2D eigenvalue weighted by Gasteiger charge is 2.29. The van der Waals surface area contributed by atoms with E-state index in [1.807, 2.05) is 47.4 Å². The number of carbonyl (C=O) groups excluding carboxylic acids is 1. The zero-order chi connectivity index (χ0) is 21.1. The number of amides is 1. The molecule has 30 heavy (non-hydrogen) atoms. The SMILES string of the molecule is O=C(CN1CCN(S(=O)(=O)c2ccc3ccccc3c2)CC1)NCc1ccc(Cl)s1. The van der Waals surface area contributed by atoms with Crippen molar-refractivity contribution < 1.29 is 13.2 Å². The minimum absolute atomic E-state index is 0.0784. The van der Waals surface area contributed by atoms with Crippen molar-refractivity contribution in [2.24, 2.45) is 0 Å². The summed E-state index contributed by atoms with van der Waals surface area (Å²) < 4.78 is 28.3. The largest absolute Gasteiger partial charge is 0.350 e. The maximum Gasteiger partial charge on any atom is 0.243 e. The Balaban J connectivity index is 1.32. The Morgan fingerprint density at radius 2 is 1.73 bits per heavy atom. The number of rotatable bonds is 6. The number of hydrogen-bond acceptors (Lipinski definition) is 5. The Kier molecular flexibility index (Phi) is 6.40. The van der Waals surface area contributed by atoms with Crippen LogP contribution in [0.3, 0.4) is 0 Å². The highest BCUT2D eigenvalue weighted by molar-refractivity contribution is 7.89. The predicted octanol–water partition coefficient (Wildman–Crippen LogP) is 3.18. The van der Waals surface area contributed by atoms with Crippen LogP contribution in [0.1, 0.15) is 4.88 Å². The Labute approximate surface area is 185 Å². The number of benzene rings is 2. The molecule has 1 aliphatic heterocycles. The quantitative estimate of drug-likeness (QED) is 0.609. The van der Waals surface area contributed by atoms with E-state index in [0.717, 1.165) is 15.6 Å². The molecule has 0 unspecified atom stereocenters. The van der Waals surface area contributed by atoms with Crippen LogP contribution in [-0.2, 0) is 21.4 Å². The van der Waals surface area contributed by atoms with Crippen LogP contribution in [0.2, 0.25) is 4.34 Å². The summed E-state index contributed by atoms with van der Waals surface area (Å²) in [4.78, 5) is 15.5. The lowest BCUT2D eigenvalue weighted by molar-refractivity contribution is -0.122. The third-order valence-corrected chi connectivity index (χ3v) is 8.27. The van der Waals surface area contributed by atoms with Gasteiger partial charge in [-0.2, -0.15) is 4.31 Å². The van der Waals surface area contributed by atoms with Crippen LogP contribution >= 0.6 is 22.9 Å². The zero-order valence-corrected chi connectivity index (χ0v) is 18.6. The molecule has 3 aromatic rings. The zero-order valence-electron chi connectivity index (χ0n) is 16.3. The van der Waals surface area contributed by atoms with E-state index in [-0.39, 0.29) is 12.5 Å². The smallest absolute Gasteiger partial charge is 0.243 e. The van der Waals surface area contributed by atoms with Gasteiger partial charge >= 0.3 is 0 Å². The molecular weight excluding hydrogens is 442 g/mol. The molecule has 9 heteroatoms. The molecule has 2 heterocycles. The summed E-state index contributed by atoms with van der Waals surface area (Å²) in [5.41, 5.74) is 0. The highest BCUT2D eigenvalue weighted by atomic mass is 35.5. The molecule has 1 saturated heterocycles. The minimum atomic E-state index is -3.55. The van der Waals surface area contributed by atoms with E-state index in [1.54, 1.807) is 12.1 Å². The van der Waals surface area contributed by atoms with E-state index < -0.39 is 10.0 Å². The van der Waals surface area contributed by atoms with Gasteiger partial charge in [-0.05, 0) is 35.0 Å². The standard InChI is InChI=1S/C21H22ClN3O3S2/c22-20-8-6-18(29-20)14-23-21(26)15-24-9-11-25(12-10-24)30(27,28)19-7-5-16-3-1-2-4-17(16)13-19/h1-8,13H,9-12,14-15H2,(H,23,26). The van der Waals surface area contributed by atoms with E-state index in [2.05, 4.69) is 5.32 Å². The summed E-state index contributed by atoms with van der Waals surface area (Å²) in [6.07, 6.45) is 0. The van der Waals surface area contributed by atoms with Gasteiger partial charge in [0, 0.05) is 31.1 Å². The predicted molar refractivity (Wildman–Crippen MR) is 120 cm³/mol. The van der Waals surface area contributed by atoms with Crippen molar-refractivity contribution in [2.45, 2.75) is 11.4 Å². The van der Waals surface area contributed by atoms with Crippen molar-refractivity contribution in [1.82, 2.24) is 14.5 Å². The van der Waals surface area contributed by atoms with Crippen molar-refractivity contribution >= 4 is 49.6 Å². The molecule has 0 radical (unpaired) electrons. The second-order valence-corrected chi connectivity index (χ2v) is 10.9. The molecule has 1 aromatic heterocycles. The summed E-state index contributed by atoms with van der Waals surface area (Å²) in [5, 5.41) is 4.80. The first-order valence-corrected chi connectivity index (χ1v) is 12.3. The van der Waals surface area contributed by atoms with Crippen LogP contribution in [0.25, 0.3) is 10.8 Å². The lowest BCUT2D eigenvalue weighted by Crippen LogP contribution is -2.50. The average Bonchev–Trinajstić information content (AvgIpc) is 3.17. The molecule has 1 fully saturated rings. The molecule has 0 saturated carbocycles. The van der Waals surface area contributed by atoms with Gasteiger partial charge in [0.1, 0.15) is 0 Å². The van der Waals surface area contributed by atoms with Crippen molar-refractivity contribution in [3.63, 3.8) is 0 Å². The molecule has 1 aliphatic rings. The number of nitrogens with zero attached hydrogens (tertiary/aromatic N) is 2. The summed E-state index contributed by atoms with van der Waals surface area (Å²) in [6.45, 7) is 2.47. The highest BCUT2D eigenvalue weighted by Crippen LogP contribution is 2.23. The molecule has 158 valence electrons. The molecule has 2 aromatic carbocycles. The van der Waals surface area contributed by atoms with Gasteiger partial charge in [-0.25, -0.2) is 8.42 Å². The number of halogens is 1. The van der Waals surface area contributed by atoms with E-state index in [9.17, 15) is 13.2 Å². The monoisotopic (exact) mass is 463 g/mol. The first kappa shape index (κ1) is 21.3. The third-order valence-electron chi connectivity index (χ3n) is 5.15. The Morgan fingerprint density at radius 3 is 2.43 bits per heavy atom. The number of nitrogens with one attached hydrogen (secondary N) is 1. The van der Waals surface area contributed by atoms with Gasteiger partial charge in [-0.15, -0.1) is 11.3 Å². The van der Waals surface area contributed by atoms with Crippen molar-refractivity contribution in [1.29, 1.82) is 0 Å². The molecule has 0 aliphatic carbocycles. The van der Waals surface area contributed by atoms with Crippen molar-refractivity contribution in [2.75, 3.05) is 32.7 Å². The van der Waals surface area contributed by atoms with Gasteiger partial charge in [0.05, 0.1) is 22.3 Å². The Morgan fingerprint density at radius 1 is 1.00 bits per heavy atom. The van der Waals surface area contributed by atoms with Gasteiger partial charge in [0.25, 0.3) is 0 Å². The number of sulfonamides is 1. The fourth-order valence-corrected chi connectivity index (χ4v) is 5.98.